The number of primary amides is 1. The van der Waals surface area contributed by atoms with E-state index in [1.807, 2.05) is 0 Å². The van der Waals surface area contributed by atoms with E-state index in [9.17, 15) is 4.79 Å². The normalized spacial score (nSPS) is 26.1. The molecule has 1 aromatic heterocycles. The van der Waals surface area contributed by atoms with Gasteiger partial charge >= 0.3 is 0 Å². The van der Waals surface area contributed by atoms with Gasteiger partial charge in [-0.25, -0.2) is 4.98 Å². The molecule has 0 atom stereocenters. The molecule has 0 saturated heterocycles. The van der Waals surface area contributed by atoms with Crippen LogP contribution in [0.3, 0.4) is 0 Å². The summed E-state index contributed by atoms with van der Waals surface area (Å²) in [5.74, 6) is -0.0955. The first-order chi connectivity index (χ1) is 7.25. The molecule has 1 aliphatic carbocycles. The number of nitrogens with two attached hydrogens (primary N) is 1. The highest BCUT2D eigenvalue weighted by molar-refractivity contribution is 7.09. The van der Waals surface area contributed by atoms with E-state index < -0.39 is 0 Å². The molecule has 5 nitrogen and oxygen atoms in total. The third-order valence-electron chi connectivity index (χ3n) is 2.82. The predicted octanol–water partition coefficient (Wildman–Crippen LogP) is 0.994. The number of anilines is 1. The van der Waals surface area contributed by atoms with Crippen molar-refractivity contribution in [2.75, 3.05) is 5.32 Å². The van der Waals surface area contributed by atoms with Gasteiger partial charge in [0.25, 0.3) is 0 Å². The van der Waals surface area contributed by atoms with Crippen molar-refractivity contribution in [2.45, 2.75) is 31.7 Å². The van der Waals surface area contributed by atoms with Gasteiger partial charge < -0.3 is 11.1 Å². The quantitative estimate of drug-likeness (QED) is 0.805. The number of carbonyl (C=O) groups excluding carboxylic acids is 1. The number of nitrogens with zero attached hydrogens (tertiary/aromatic N) is 2. The van der Waals surface area contributed by atoms with E-state index in [1.165, 1.54) is 11.5 Å². The third-order valence-corrected chi connectivity index (χ3v) is 3.41. The Labute approximate surface area is 92.3 Å². The van der Waals surface area contributed by atoms with Crippen LogP contribution >= 0.6 is 11.5 Å². The highest BCUT2D eigenvalue weighted by atomic mass is 32.1. The van der Waals surface area contributed by atoms with Crippen molar-refractivity contribution in [1.82, 2.24) is 9.36 Å². The number of hydrogen-bond acceptors (Lipinski definition) is 5. The summed E-state index contributed by atoms with van der Waals surface area (Å²) in [6.07, 6.45) is 5.26. The number of aromatic nitrogens is 2. The van der Waals surface area contributed by atoms with E-state index in [-0.39, 0.29) is 11.8 Å². The molecule has 2 rings (SSSR count). The Morgan fingerprint density at radius 3 is 2.73 bits per heavy atom. The molecule has 82 valence electrons. The van der Waals surface area contributed by atoms with Gasteiger partial charge in [-0.3, -0.25) is 4.79 Å². The second-order valence-electron chi connectivity index (χ2n) is 3.84. The Balaban J connectivity index is 1.81. The van der Waals surface area contributed by atoms with Gasteiger partial charge in [0.05, 0.1) is 0 Å². The van der Waals surface area contributed by atoms with Crippen LogP contribution in [0.15, 0.2) is 6.33 Å². The largest absolute Gasteiger partial charge is 0.369 e. The second kappa shape index (κ2) is 4.57. The van der Waals surface area contributed by atoms with Gasteiger partial charge in [-0.05, 0) is 25.7 Å². The molecule has 0 bridgehead atoms. The van der Waals surface area contributed by atoms with Crippen LogP contribution in [-0.2, 0) is 4.79 Å². The van der Waals surface area contributed by atoms with Gasteiger partial charge in [0.2, 0.25) is 11.0 Å². The molecule has 0 unspecified atom stereocenters. The van der Waals surface area contributed by atoms with Crippen molar-refractivity contribution in [3.63, 3.8) is 0 Å². The standard InChI is InChI=1S/C9H14N4OS/c10-8(14)6-1-3-7(4-2-6)13-9-11-5-12-15-9/h5-7H,1-4H2,(H2,10,14)(H,11,12,13). The minimum atomic E-state index is -0.163. The summed E-state index contributed by atoms with van der Waals surface area (Å²) in [5.41, 5.74) is 5.27. The first kappa shape index (κ1) is 10.4. The molecular weight excluding hydrogens is 212 g/mol. The molecule has 1 heterocycles. The van der Waals surface area contributed by atoms with Gasteiger partial charge in [-0.1, -0.05) is 0 Å². The second-order valence-corrected chi connectivity index (χ2v) is 4.62. The Kier molecular flexibility index (Phi) is 3.15. The summed E-state index contributed by atoms with van der Waals surface area (Å²) >= 11 is 1.36. The average Bonchev–Trinajstić information content (AvgIpc) is 2.71. The smallest absolute Gasteiger partial charge is 0.220 e. The van der Waals surface area contributed by atoms with Crippen molar-refractivity contribution in [1.29, 1.82) is 0 Å². The zero-order valence-electron chi connectivity index (χ0n) is 8.35. The summed E-state index contributed by atoms with van der Waals surface area (Å²) in [7, 11) is 0. The first-order valence-corrected chi connectivity index (χ1v) is 5.85. The van der Waals surface area contributed by atoms with E-state index >= 15 is 0 Å². The summed E-state index contributed by atoms with van der Waals surface area (Å²) in [6.45, 7) is 0. The van der Waals surface area contributed by atoms with Gasteiger partial charge in [0.1, 0.15) is 6.33 Å². The topological polar surface area (TPSA) is 80.9 Å². The number of carbonyl (C=O) groups is 1. The SMILES string of the molecule is NC(=O)C1CCC(Nc2ncns2)CC1. The fourth-order valence-electron chi connectivity index (χ4n) is 1.93. The molecule has 0 spiro atoms. The maximum Gasteiger partial charge on any atom is 0.220 e. The van der Waals surface area contributed by atoms with Crippen LogP contribution in [0.2, 0.25) is 0 Å². The fourth-order valence-corrected chi connectivity index (χ4v) is 2.44. The number of rotatable bonds is 3. The van der Waals surface area contributed by atoms with Crippen molar-refractivity contribution >= 4 is 22.6 Å². The average molecular weight is 226 g/mol. The van der Waals surface area contributed by atoms with Crippen molar-refractivity contribution in [3.05, 3.63) is 6.33 Å². The molecule has 0 aromatic carbocycles. The molecule has 15 heavy (non-hydrogen) atoms. The van der Waals surface area contributed by atoms with E-state index in [4.69, 9.17) is 5.73 Å². The first-order valence-electron chi connectivity index (χ1n) is 5.08. The highest BCUT2D eigenvalue weighted by Crippen LogP contribution is 2.26. The lowest BCUT2D eigenvalue weighted by molar-refractivity contribution is -0.122. The summed E-state index contributed by atoms with van der Waals surface area (Å²) in [5, 5.41) is 4.17. The van der Waals surface area contributed by atoms with Crippen LogP contribution in [0, 0.1) is 5.92 Å². The van der Waals surface area contributed by atoms with Gasteiger partial charge in [-0.15, -0.1) is 0 Å². The van der Waals surface area contributed by atoms with E-state index in [0.29, 0.717) is 6.04 Å². The Bertz CT molecular complexity index is 319. The summed E-state index contributed by atoms with van der Waals surface area (Å²) < 4.78 is 3.92. The summed E-state index contributed by atoms with van der Waals surface area (Å²) in [6, 6.07) is 0.411. The molecular formula is C9H14N4OS. The van der Waals surface area contributed by atoms with E-state index in [1.54, 1.807) is 6.33 Å². The van der Waals surface area contributed by atoms with Crippen LogP contribution in [0.25, 0.3) is 0 Å². The molecule has 6 heteroatoms. The van der Waals surface area contributed by atoms with E-state index in [2.05, 4.69) is 14.7 Å². The lowest BCUT2D eigenvalue weighted by atomic mass is 9.86. The zero-order valence-corrected chi connectivity index (χ0v) is 9.17. The maximum atomic E-state index is 11.0. The minimum absolute atomic E-state index is 0.0671. The molecule has 3 N–H and O–H groups in total. The van der Waals surface area contributed by atoms with Gasteiger partial charge in [0, 0.05) is 23.5 Å². The number of amides is 1. The molecule has 1 fully saturated rings. The number of hydrogen-bond donors (Lipinski definition) is 2. The monoisotopic (exact) mass is 226 g/mol. The Morgan fingerprint density at radius 2 is 2.20 bits per heavy atom. The highest BCUT2D eigenvalue weighted by Gasteiger charge is 2.24. The molecule has 0 radical (unpaired) electrons. The van der Waals surface area contributed by atoms with E-state index in [0.717, 1.165) is 30.8 Å². The summed E-state index contributed by atoms with van der Waals surface area (Å²) in [4.78, 5) is 15.0. The Hall–Kier alpha value is -1.17. The van der Waals surface area contributed by atoms with Crippen LogP contribution < -0.4 is 11.1 Å². The van der Waals surface area contributed by atoms with Crippen LogP contribution in [0.4, 0.5) is 5.13 Å². The van der Waals surface area contributed by atoms with Gasteiger partial charge in [-0.2, -0.15) is 4.37 Å². The lowest BCUT2D eigenvalue weighted by Crippen LogP contribution is -2.32. The maximum absolute atomic E-state index is 11.0. The minimum Gasteiger partial charge on any atom is -0.369 e. The molecule has 1 aromatic rings. The lowest BCUT2D eigenvalue weighted by Gasteiger charge is -2.26. The van der Waals surface area contributed by atoms with Crippen molar-refractivity contribution in [3.8, 4) is 0 Å². The zero-order chi connectivity index (χ0) is 10.7. The molecule has 1 aliphatic rings. The van der Waals surface area contributed by atoms with Crippen LogP contribution in [0.1, 0.15) is 25.7 Å². The Morgan fingerprint density at radius 1 is 1.47 bits per heavy atom. The van der Waals surface area contributed by atoms with Crippen molar-refractivity contribution in [2.24, 2.45) is 11.7 Å². The molecule has 1 saturated carbocycles. The van der Waals surface area contributed by atoms with Crippen LogP contribution in [-0.4, -0.2) is 21.3 Å². The van der Waals surface area contributed by atoms with Gasteiger partial charge in [0.15, 0.2) is 0 Å². The van der Waals surface area contributed by atoms with Crippen molar-refractivity contribution < 1.29 is 4.79 Å². The predicted molar refractivity (Wildman–Crippen MR) is 58.5 cm³/mol. The van der Waals surface area contributed by atoms with Crippen LogP contribution in [0.5, 0.6) is 0 Å². The number of nitrogens with one attached hydrogen (secondary N) is 1. The molecule has 1 amide bonds. The fraction of sp³-hybridized carbons (Fsp3) is 0.667. The molecule has 0 aliphatic heterocycles. The third kappa shape index (κ3) is 2.65.